The van der Waals surface area contributed by atoms with Gasteiger partial charge in [0.2, 0.25) is 0 Å². The van der Waals surface area contributed by atoms with Gasteiger partial charge in [0.1, 0.15) is 0 Å². The van der Waals surface area contributed by atoms with E-state index in [1.54, 1.807) is 0 Å². The minimum Gasteiger partial charge on any atom is -0.317 e. The van der Waals surface area contributed by atoms with Gasteiger partial charge in [-0.05, 0) is 49.9 Å². The van der Waals surface area contributed by atoms with Crippen LogP contribution in [0.15, 0.2) is 54.6 Å². The van der Waals surface area contributed by atoms with Crippen LogP contribution in [-0.4, -0.2) is 13.1 Å². The molecule has 1 nitrogen and oxygen atoms in total. The van der Waals surface area contributed by atoms with Crippen molar-refractivity contribution in [2.75, 3.05) is 13.1 Å². The first kappa shape index (κ1) is 14.8. The fourth-order valence-corrected chi connectivity index (χ4v) is 2.68. The van der Waals surface area contributed by atoms with Crippen molar-refractivity contribution in [3.63, 3.8) is 0 Å². The van der Waals surface area contributed by atoms with Crippen LogP contribution in [-0.2, 0) is 12.8 Å². The predicted molar refractivity (Wildman–Crippen MR) is 87.1 cm³/mol. The molecular weight excluding hydrogens is 242 g/mol. The predicted octanol–water partition coefficient (Wildman–Crippen LogP) is 4.01. The molecule has 0 saturated heterocycles. The van der Waals surface area contributed by atoms with Gasteiger partial charge in [0, 0.05) is 0 Å². The van der Waals surface area contributed by atoms with Crippen LogP contribution in [0.4, 0.5) is 0 Å². The monoisotopic (exact) mass is 267 g/mol. The Kier molecular flexibility index (Phi) is 5.82. The Balaban J connectivity index is 2.03. The lowest BCUT2D eigenvalue weighted by atomic mass is 9.92. The third kappa shape index (κ3) is 4.82. The summed E-state index contributed by atoms with van der Waals surface area (Å²) in [5, 5.41) is 3.50. The molecule has 106 valence electrons. The average Bonchev–Trinajstić information content (AvgIpc) is 2.46. The Morgan fingerprint density at radius 3 is 2.30 bits per heavy atom. The molecule has 1 N–H and O–H groups in total. The highest BCUT2D eigenvalue weighted by molar-refractivity contribution is 5.23. The van der Waals surface area contributed by atoms with E-state index in [1.807, 2.05) is 0 Å². The first-order valence-electron chi connectivity index (χ1n) is 7.58. The van der Waals surface area contributed by atoms with Gasteiger partial charge < -0.3 is 5.32 Å². The van der Waals surface area contributed by atoms with Gasteiger partial charge in [-0.2, -0.15) is 0 Å². The van der Waals surface area contributed by atoms with Crippen molar-refractivity contribution >= 4 is 0 Å². The van der Waals surface area contributed by atoms with E-state index in [0.29, 0.717) is 5.92 Å². The first-order valence-corrected chi connectivity index (χ1v) is 7.58. The van der Waals surface area contributed by atoms with Gasteiger partial charge >= 0.3 is 0 Å². The van der Waals surface area contributed by atoms with Gasteiger partial charge in [0.15, 0.2) is 0 Å². The quantitative estimate of drug-likeness (QED) is 0.799. The Morgan fingerprint density at radius 2 is 1.60 bits per heavy atom. The maximum absolute atomic E-state index is 3.50. The van der Waals surface area contributed by atoms with Crippen LogP contribution in [0.3, 0.4) is 0 Å². The van der Waals surface area contributed by atoms with E-state index in [1.165, 1.54) is 16.7 Å². The maximum atomic E-state index is 3.50. The van der Waals surface area contributed by atoms with Gasteiger partial charge in [0.25, 0.3) is 0 Å². The van der Waals surface area contributed by atoms with Crippen LogP contribution in [0, 0.1) is 12.8 Å². The van der Waals surface area contributed by atoms with E-state index >= 15 is 0 Å². The number of hydrogen-bond acceptors (Lipinski definition) is 1. The summed E-state index contributed by atoms with van der Waals surface area (Å²) < 4.78 is 0. The summed E-state index contributed by atoms with van der Waals surface area (Å²) in [4.78, 5) is 0. The molecule has 0 aliphatic heterocycles. The zero-order valence-electron chi connectivity index (χ0n) is 12.6. The summed E-state index contributed by atoms with van der Waals surface area (Å²) in [6.07, 6.45) is 2.28. The number of aryl methyl sites for hydroxylation is 1. The van der Waals surface area contributed by atoms with E-state index in [4.69, 9.17) is 0 Å². The SMILES string of the molecule is CCNCC(Cc1ccccc1)Cc1cccc(C)c1. The Labute approximate surface area is 123 Å². The molecule has 0 spiro atoms. The lowest BCUT2D eigenvalue weighted by Gasteiger charge is -2.18. The fraction of sp³-hybridized carbons (Fsp3) is 0.368. The van der Waals surface area contributed by atoms with E-state index in [9.17, 15) is 0 Å². The Hall–Kier alpha value is -1.60. The smallest absolute Gasteiger partial charge is 0.00143 e. The molecule has 20 heavy (non-hydrogen) atoms. The zero-order chi connectivity index (χ0) is 14.2. The van der Waals surface area contributed by atoms with Crippen molar-refractivity contribution in [1.82, 2.24) is 5.32 Å². The van der Waals surface area contributed by atoms with Crippen molar-refractivity contribution in [2.45, 2.75) is 26.7 Å². The molecule has 1 atom stereocenters. The van der Waals surface area contributed by atoms with Crippen LogP contribution in [0.25, 0.3) is 0 Å². The van der Waals surface area contributed by atoms with Crippen LogP contribution < -0.4 is 5.32 Å². The summed E-state index contributed by atoms with van der Waals surface area (Å²) in [5.41, 5.74) is 4.23. The molecule has 0 radical (unpaired) electrons. The van der Waals surface area contributed by atoms with Gasteiger partial charge in [-0.3, -0.25) is 0 Å². The molecule has 0 amide bonds. The largest absolute Gasteiger partial charge is 0.317 e. The van der Waals surface area contributed by atoms with Gasteiger partial charge in [-0.1, -0.05) is 67.1 Å². The molecular formula is C19H25N. The minimum atomic E-state index is 0.652. The zero-order valence-corrected chi connectivity index (χ0v) is 12.6. The molecule has 2 aromatic carbocycles. The molecule has 0 aliphatic carbocycles. The lowest BCUT2D eigenvalue weighted by Crippen LogP contribution is -2.25. The van der Waals surface area contributed by atoms with Crippen molar-refractivity contribution in [3.8, 4) is 0 Å². The Bertz CT molecular complexity index is 504. The number of benzene rings is 2. The molecule has 1 heteroatoms. The third-order valence-corrected chi connectivity index (χ3v) is 3.66. The van der Waals surface area contributed by atoms with Crippen molar-refractivity contribution in [3.05, 3.63) is 71.3 Å². The maximum Gasteiger partial charge on any atom is -0.00143 e. The van der Waals surface area contributed by atoms with E-state index in [0.717, 1.165) is 25.9 Å². The second kappa shape index (κ2) is 7.86. The van der Waals surface area contributed by atoms with E-state index in [2.05, 4.69) is 73.8 Å². The van der Waals surface area contributed by atoms with Crippen LogP contribution >= 0.6 is 0 Å². The highest BCUT2D eigenvalue weighted by Gasteiger charge is 2.10. The summed E-state index contributed by atoms with van der Waals surface area (Å²) >= 11 is 0. The van der Waals surface area contributed by atoms with Gasteiger partial charge in [-0.15, -0.1) is 0 Å². The minimum absolute atomic E-state index is 0.652. The molecule has 2 rings (SSSR count). The van der Waals surface area contributed by atoms with E-state index in [-0.39, 0.29) is 0 Å². The van der Waals surface area contributed by atoms with Crippen LogP contribution in [0.1, 0.15) is 23.6 Å². The summed E-state index contributed by atoms with van der Waals surface area (Å²) in [7, 11) is 0. The van der Waals surface area contributed by atoms with Crippen molar-refractivity contribution in [2.24, 2.45) is 5.92 Å². The van der Waals surface area contributed by atoms with Crippen LogP contribution in [0.5, 0.6) is 0 Å². The van der Waals surface area contributed by atoms with Crippen LogP contribution in [0.2, 0.25) is 0 Å². The van der Waals surface area contributed by atoms with Crippen molar-refractivity contribution in [1.29, 1.82) is 0 Å². The molecule has 0 saturated carbocycles. The van der Waals surface area contributed by atoms with E-state index < -0.39 is 0 Å². The van der Waals surface area contributed by atoms with Crippen molar-refractivity contribution < 1.29 is 0 Å². The summed E-state index contributed by atoms with van der Waals surface area (Å²) in [5.74, 6) is 0.652. The molecule has 0 fully saturated rings. The molecule has 0 aromatic heterocycles. The highest BCUT2D eigenvalue weighted by atomic mass is 14.8. The molecule has 2 aromatic rings. The normalized spacial score (nSPS) is 12.3. The summed E-state index contributed by atoms with van der Waals surface area (Å²) in [6, 6.07) is 19.7. The lowest BCUT2D eigenvalue weighted by molar-refractivity contribution is 0.478. The Morgan fingerprint density at radius 1 is 0.900 bits per heavy atom. The molecule has 1 unspecified atom stereocenters. The standard InChI is InChI=1S/C19H25N/c1-3-20-15-19(13-17-9-5-4-6-10-17)14-18-11-7-8-16(2)12-18/h4-12,19-20H,3,13-15H2,1-2H3. The second-order valence-corrected chi connectivity index (χ2v) is 5.56. The topological polar surface area (TPSA) is 12.0 Å². The highest BCUT2D eigenvalue weighted by Crippen LogP contribution is 2.15. The third-order valence-electron chi connectivity index (χ3n) is 3.66. The first-order chi connectivity index (χ1) is 9.78. The number of rotatable bonds is 7. The molecule has 0 aliphatic rings. The fourth-order valence-electron chi connectivity index (χ4n) is 2.68. The van der Waals surface area contributed by atoms with Gasteiger partial charge in [0.05, 0.1) is 0 Å². The van der Waals surface area contributed by atoms with Gasteiger partial charge in [-0.25, -0.2) is 0 Å². The molecule has 0 bridgehead atoms. The number of hydrogen-bond donors (Lipinski definition) is 1. The summed E-state index contributed by atoms with van der Waals surface area (Å²) in [6.45, 7) is 6.46. The molecule has 0 heterocycles. The average molecular weight is 267 g/mol. The number of nitrogens with one attached hydrogen (secondary N) is 1. The second-order valence-electron chi connectivity index (χ2n) is 5.56.